The van der Waals surface area contributed by atoms with Crippen molar-refractivity contribution in [3.05, 3.63) is 64.7 Å². The molecule has 4 nitrogen and oxygen atoms in total. The minimum Gasteiger partial charge on any atom is -0.349 e. The quantitative estimate of drug-likeness (QED) is 0.903. The lowest BCUT2D eigenvalue weighted by molar-refractivity contribution is -0.126. The molecule has 0 bridgehead atoms. The maximum absolute atomic E-state index is 12.6. The number of carbonyl (C=O) groups is 2. The summed E-state index contributed by atoms with van der Waals surface area (Å²) in [4.78, 5) is 26.7. The predicted molar refractivity (Wildman–Crippen MR) is 99.6 cm³/mol. The van der Waals surface area contributed by atoms with E-state index in [1.54, 1.807) is 11.0 Å². The van der Waals surface area contributed by atoms with Gasteiger partial charge in [-0.3, -0.25) is 9.59 Å². The molecule has 5 heteroatoms. The number of halogens is 1. The summed E-state index contributed by atoms with van der Waals surface area (Å²) in [6.07, 6.45) is 0.222. The second-order valence-corrected chi connectivity index (χ2v) is 6.84. The SMILES string of the molecule is Cc1c(Cl)cccc1N1C[C@H](C(=O)N[C@H](C)c2ccccc2)CC1=O. The van der Waals surface area contributed by atoms with E-state index in [9.17, 15) is 9.59 Å². The van der Waals surface area contributed by atoms with Gasteiger partial charge in [-0.2, -0.15) is 0 Å². The third-order valence-electron chi connectivity index (χ3n) is 4.68. The average molecular weight is 357 g/mol. The van der Waals surface area contributed by atoms with E-state index < -0.39 is 0 Å². The maximum atomic E-state index is 12.6. The van der Waals surface area contributed by atoms with E-state index in [1.165, 1.54) is 0 Å². The first-order valence-electron chi connectivity index (χ1n) is 8.38. The van der Waals surface area contributed by atoms with Crippen LogP contribution in [0.4, 0.5) is 5.69 Å². The third-order valence-corrected chi connectivity index (χ3v) is 5.09. The van der Waals surface area contributed by atoms with Gasteiger partial charge in [0.15, 0.2) is 0 Å². The Morgan fingerprint density at radius 1 is 1.20 bits per heavy atom. The molecule has 0 aliphatic carbocycles. The van der Waals surface area contributed by atoms with Gasteiger partial charge in [0, 0.05) is 23.7 Å². The van der Waals surface area contributed by atoms with Crippen LogP contribution >= 0.6 is 11.6 Å². The molecule has 1 aliphatic heterocycles. The van der Waals surface area contributed by atoms with E-state index >= 15 is 0 Å². The van der Waals surface area contributed by atoms with Crippen molar-refractivity contribution >= 4 is 29.1 Å². The minimum absolute atomic E-state index is 0.0436. The molecule has 130 valence electrons. The van der Waals surface area contributed by atoms with Gasteiger partial charge in [0.1, 0.15) is 0 Å². The Hall–Kier alpha value is -2.33. The number of carbonyl (C=O) groups excluding carboxylic acids is 2. The summed E-state index contributed by atoms with van der Waals surface area (Å²) in [5, 5.41) is 3.63. The highest BCUT2D eigenvalue weighted by Crippen LogP contribution is 2.31. The zero-order valence-corrected chi connectivity index (χ0v) is 15.1. The number of anilines is 1. The van der Waals surface area contributed by atoms with Crippen molar-refractivity contribution in [3.8, 4) is 0 Å². The van der Waals surface area contributed by atoms with Gasteiger partial charge in [0.2, 0.25) is 11.8 Å². The summed E-state index contributed by atoms with van der Waals surface area (Å²) in [6, 6.07) is 15.2. The topological polar surface area (TPSA) is 49.4 Å². The Kier molecular flexibility index (Phi) is 5.09. The molecule has 2 amide bonds. The highest BCUT2D eigenvalue weighted by atomic mass is 35.5. The van der Waals surface area contributed by atoms with Crippen LogP contribution in [-0.4, -0.2) is 18.4 Å². The normalized spacial score (nSPS) is 18.3. The van der Waals surface area contributed by atoms with Gasteiger partial charge in [-0.05, 0) is 37.1 Å². The summed E-state index contributed by atoms with van der Waals surface area (Å²) in [6.45, 7) is 4.21. The molecule has 3 rings (SSSR count). The summed E-state index contributed by atoms with van der Waals surface area (Å²) in [5.74, 6) is -0.484. The molecular weight excluding hydrogens is 336 g/mol. The molecule has 2 aromatic carbocycles. The maximum Gasteiger partial charge on any atom is 0.227 e. The summed E-state index contributed by atoms with van der Waals surface area (Å²) in [7, 11) is 0. The third kappa shape index (κ3) is 3.69. The van der Waals surface area contributed by atoms with Gasteiger partial charge in [0.25, 0.3) is 0 Å². The lowest BCUT2D eigenvalue weighted by atomic mass is 10.1. The molecule has 1 aliphatic rings. The number of rotatable bonds is 4. The van der Waals surface area contributed by atoms with Crippen LogP contribution in [0.25, 0.3) is 0 Å². The number of nitrogens with one attached hydrogen (secondary N) is 1. The van der Waals surface area contributed by atoms with Gasteiger partial charge in [-0.25, -0.2) is 0 Å². The first-order chi connectivity index (χ1) is 12.0. The molecule has 1 fully saturated rings. The van der Waals surface area contributed by atoms with Crippen molar-refractivity contribution in [2.45, 2.75) is 26.3 Å². The highest BCUT2D eigenvalue weighted by Gasteiger charge is 2.36. The molecule has 2 atom stereocenters. The second-order valence-electron chi connectivity index (χ2n) is 6.43. The fourth-order valence-electron chi connectivity index (χ4n) is 3.16. The van der Waals surface area contributed by atoms with E-state index in [0.29, 0.717) is 11.6 Å². The van der Waals surface area contributed by atoms with Crippen molar-refractivity contribution in [2.75, 3.05) is 11.4 Å². The molecule has 2 aromatic rings. The number of hydrogen-bond acceptors (Lipinski definition) is 2. The van der Waals surface area contributed by atoms with Gasteiger partial charge >= 0.3 is 0 Å². The number of amides is 2. The standard InChI is InChI=1S/C20H21ClN2O2/c1-13-17(21)9-6-10-18(13)23-12-16(11-19(23)24)20(25)22-14(2)15-7-4-3-5-8-15/h3-10,14,16H,11-12H2,1-2H3,(H,22,25)/t14-,16-/m1/s1. The summed E-state index contributed by atoms with van der Waals surface area (Å²) >= 11 is 6.16. The molecule has 0 unspecified atom stereocenters. The van der Waals surface area contributed by atoms with Crippen LogP contribution in [0.15, 0.2) is 48.5 Å². The zero-order chi connectivity index (χ0) is 18.0. The van der Waals surface area contributed by atoms with Crippen LogP contribution in [0.1, 0.15) is 30.5 Å². The Labute approximate surface area is 152 Å². The lowest BCUT2D eigenvalue weighted by Crippen LogP contribution is -2.34. The molecule has 25 heavy (non-hydrogen) atoms. The minimum atomic E-state index is -0.350. The van der Waals surface area contributed by atoms with E-state index in [0.717, 1.165) is 16.8 Å². The van der Waals surface area contributed by atoms with Crippen molar-refractivity contribution in [1.29, 1.82) is 0 Å². The largest absolute Gasteiger partial charge is 0.349 e. The van der Waals surface area contributed by atoms with Crippen LogP contribution in [0.3, 0.4) is 0 Å². The zero-order valence-electron chi connectivity index (χ0n) is 14.3. The number of nitrogens with zero attached hydrogens (tertiary/aromatic N) is 1. The predicted octanol–water partition coefficient (Wildman–Crippen LogP) is 3.88. The van der Waals surface area contributed by atoms with E-state index in [2.05, 4.69) is 5.32 Å². The van der Waals surface area contributed by atoms with E-state index in [-0.39, 0.29) is 30.2 Å². The Balaban J connectivity index is 1.70. The lowest BCUT2D eigenvalue weighted by Gasteiger charge is -2.20. The van der Waals surface area contributed by atoms with Crippen LogP contribution in [0.2, 0.25) is 5.02 Å². The van der Waals surface area contributed by atoms with Gasteiger partial charge in [-0.15, -0.1) is 0 Å². The monoisotopic (exact) mass is 356 g/mol. The fourth-order valence-corrected chi connectivity index (χ4v) is 3.33. The Morgan fingerprint density at radius 2 is 1.92 bits per heavy atom. The molecule has 1 saturated heterocycles. The van der Waals surface area contributed by atoms with Crippen molar-refractivity contribution in [1.82, 2.24) is 5.32 Å². The van der Waals surface area contributed by atoms with Crippen LogP contribution in [0.5, 0.6) is 0 Å². The first kappa shape index (κ1) is 17.5. The van der Waals surface area contributed by atoms with Crippen molar-refractivity contribution in [2.24, 2.45) is 5.92 Å². The highest BCUT2D eigenvalue weighted by molar-refractivity contribution is 6.31. The van der Waals surface area contributed by atoms with Crippen molar-refractivity contribution in [3.63, 3.8) is 0 Å². The molecule has 0 aromatic heterocycles. The Morgan fingerprint density at radius 3 is 2.64 bits per heavy atom. The smallest absolute Gasteiger partial charge is 0.227 e. The Bertz CT molecular complexity index is 792. The number of benzene rings is 2. The van der Waals surface area contributed by atoms with Crippen LogP contribution < -0.4 is 10.2 Å². The molecule has 0 spiro atoms. The van der Waals surface area contributed by atoms with Gasteiger partial charge in [0.05, 0.1) is 12.0 Å². The van der Waals surface area contributed by atoms with Crippen LogP contribution in [-0.2, 0) is 9.59 Å². The van der Waals surface area contributed by atoms with Crippen molar-refractivity contribution < 1.29 is 9.59 Å². The summed E-state index contributed by atoms with van der Waals surface area (Å²) in [5.41, 5.74) is 2.68. The molecule has 0 saturated carbocycles. The summed E-state index contributed by atoms with van der Waals surface area (Å²) < 4.78 is 0. The number of hydrogen-bond donors (Lipinski definition) is 1. The van der Waals surface area contributed by atoms with Gasteiger partial charge < -0.3 is 10.2 Å². The van der Waals surface area contributed by atoms with E-state index in [4.69, 9.17) is 11.6 Å². The molecule has 0 radical (unpaired) electrons. The second kappa shape index (κ2) is 7.28. The van der Waals surface area contributed by atoms with Crippen LogP contribution in [0, 0.1) is 12.8 Å². The van der Waals surface area contributed by atoms with Gasteiger partial charge in [-0.1, -0.05) is 48.0 Å². The average Bonchev–Trinajstić information content (AvgIpc) is 3.00. The fraction of sp³-hybridized carbons (Fsp3) is 0.300. The molecular formula is C20H21ClN2O2. The molecule has 1 heterocycles. The first-order valence-corrected chi connectivity index (χ1v) is 8.76. The van der Waals surface area contributed by atoms with E-state index in [1.807, 2.05) is 56.3 Å². The molecule has 1 N–H and O–H groups in total.